The van der Waals surface area contributed by atoms with Gasteiger partial charge in [-0.25, -0.2) is 9.78 Å². The molecule has 0 radical (unpaired) electrons. The first kappa shape index (κ1) is 20.9. The van der Waals surface area contributed by atoms with Gasteiger partial charge in [-0.15, -0.1) is 0 Å². The minimum atomic E-state index is -0.844. The third-order valence-corrected chi connectivity index (χ3v) is 7.02. The minimum absolute atomic E-state index is 0.210. The number of likely N-dealkylation sites (tertiary alicyclic amines) is 1. The highest BCUT2D eigenvalue weighted by Gasteiger charge is 2.50. The molecular weight excluding hydrogens is 384 g/mol. The molecule has 3 aliphatic rings. The molecule has 164 valence electrons. The zero-order chi connectivity index (χ0) is 21.3. The number of amides is 2. The number of ether oxygens (including phenoxy) is 1. The van der Waals surface area contributed by atoms with Gasteiger partial charge in [-0.2, -0.15) is 0 Å². The lowest BCUT2D eigenvalue weighted by molar-refractivity contribution is -0.139. The van der Waals surface area contributed by atoms with E-state index < -0.39 is 6.09 Å². The van der Waals surface area contributed by atoms with Crippen LogP contribution >= 0.6 is 0 Å². The van der Waals surface area contributed by atoms with Crippen LogP contribution in [0.15, 0.2) is 12.1 Å². The van der Waals surface area contributed by atoms with Crippen LogP contribution in [0.25, 0.3) is 0 Å². The van der Waals surface area contributed by atoms with Crippen molar-refractivity contribution in [1.29, 1.82) is 0 Å². The first-order valence-corrected chi connectivity index (χ1v) is 11.1. The van der Waals surface area contributed by atoms with Crippen molar-refractivity contribution < 1.29 is 19.4 Å². The molecule has 0 aromatic carbocycles. The van der Waals surface area contributed by atoms with Crippen molar-refractivity contribution in [2.45, 2.75) is 70.4 Å². The lowest BCUT2D eigenvalue weighted by Crippen LogP contribution is -2.50. The second-order valence-corrected chi connectivity index (χ2v) is 8.91. The lowest BCUT2D eigenvalue weighted by atomic mass is 9.78. The number of pyridine rings is 1. The molecule has 3 N–H and O–H groups in total. The van der Waals surface area contributed by atoms with E-state index in [0.29, 0.717) is 24.4 Å². The Balaban J connectivity index is 1.49. The number of hydrogen-bond acceptors (Lipinski definition) is 6. The number of carbonyl (C=O) groups is 2. The number of piperidine rings is 1. The average molecular weight is 417 g/mol. The van der Waals surface area contributed by atoms with Crippen LogP contribution in [0.1, 0.15) is 57.6 Å². The fourth-order valence-corrected chi connectivity index (χ4v) is 5.38. The van der Waals surface area contributed by atoms with Gasteiger partial charge < -0.3 is 25.4 Å². The maximum atomic E-state index is 13.5. The zero-order valence-electron chi connectivity index (χ0n) is 17.7. The zero-order valence-corrected chi connectivity index (χ0v) is 17.7. The number of primary amides is 1. The molecule has 4 rings (SSSR count). The van der Waals surface area contributed by atoms with E-state index in [4.69, 9.17) is 15.5 Å². The predicted molar refractivity (Wildman–Crippen MR) is 112 cm³/mol. The van der Waals surface area contributed by atoms with Gasteiger partial charge >= 0.3 is 6.09 Å². The number of nitrogens with two attached hydrogens (primary N) is 1. The Kier molecular flexibility index (Phi) is 5.86. The number of nitrogens with zero attached hydrogens (tertiary/aromatic N) is 3. The van der Waals surface area contributed by atoms with Crippen molar-refractivity contribution in [3.8, 4) is 5.75 Å². The maximum absolute atomic E-state index is 13.5. The van der Waals surface area contributed by atoms with Gasteiger partial charge in [0.25, 0.3) is 0 Å². The van der Waals surface area contributed by atoms with Gasteiger partial charge in [-0.1, -0.05) is 6.92 Å². The van der Waals surface area contributed by atoms with E-state index in [1.807, 2.05) is 13.0 Å². The van der Waals surface area contributed by atoms with Gasteiger partial charge in [0.15, 0.2) is 5.75 Å². The summed E-state index contributed by atoms with van der Waals surface area (Å²) in [7, 11) is 0. The molecular formula is C22H32N4O4. The number of anilines is 1. The second-order valence-electron chi connectivity index (χ2n) is 8.91. The molecule has 1 spiro atoms. The summed E-state index contributed by atoms with van der Waals surface area (Å²) < 4.78 is 5.06. The van der Waals surface area contributed by atoms with Crippen LogP contribution < -0.4 is 15.4 Å². The molecule has 2 aliphatic heterocycles. The molecule has 1 saturated carbocycles. The van der Waals surface area contributed by atoms with E-state index in [-0.39, 0.29) is 23.5 Å². The molecule has 1 aromatic rings. The molecule has 8 nitrogen and oxygen atoms in total. The van der Waals surface area contributed by atoms with Gasteiger partial charge in [0, 0.05) is 25.7 Å². The van der Waals surface area contributed by atoms with Crippen LogP contribution in [0.4, 0.5) is 10.6 Å². The standard InChI is InChI=1S/C22H32N4O4/c1-2-17-18(30-21(23)29)8-9-19(24-17)25-12-3-10-22(14-25)11-13-26(20(22)28)15-4-6-16(27)7-5-15/h8-9,15-16,27H,2-7,10-14H2,1H3,(H2,23,29)/t15?,16?,22-/m1/s1. The van der Waals surface area contributed by atoms with E-state index in [9.17, 15) is 14.7 Å². The number of aryl methyl sites for hydroxylation is 1. The van der Waals surface area contributed by atoms with Crippen molar-refractivity contribution >= 4 is 17.8 Å². The monoisotopic (exact) mass is 416 g/mol. The molecule has 0 bridgehead atoms. The van der Waals surface area contributed by atoms with Crippen LogP contribution in [-0.2, 0) is 11.2 Å². The summed E-state index contributed by atoms with van der Waals surface area (Å²) in [6.07, 6.45) is 5.68. The van der Waals surface area contributed by atoms with Gasteiger partial charge in [-0.05, 0) is 63.5 Å². The predicted octanol–water partition coefficient (Wildman–Crippen LogP) is 2.22. The highest BCUT2D eigenvalue weighted by atomic mass is 16.5. The molecule has 3 heterocycles. The van der Waals surface area contributed by atoms with Crippen molar-refractivity contribution in [2.75, 3.05) is 24.5 Å². The number of aliphatic hydroxyl groups is 1. The molecule has 1 aromatic heterocycles. The SMILES string of the molecule is CCc1nc(N2CCC[C@@]3(CCN(C4CCC(O)CC4)C3=O)C2)ccc1OC(N)=O. The van der Waals surface area contributed by atoms with Crippen LogP contribution in [0.2, 0.25) is 0 Å². The van der Waals surface area contributed by atoms with Crippen molar-refractivity contribution in [3.63, 3.8) is 0 Å². The van der Waals surface area contributed by atoms with Crippen LogP contribution in [-0.4, -0.2) is 58.8 Å². The highest BCUT2D eigenvalue weighted by molar-refractivity contribution is 5.86. The van der Waals surface area contributed by atoms with E-state index in [2.05, 4.69) is 9.80 Å². The summed E-state index contributed by atoms with van der Waals surface area (Å²) in [5.74, 6) is 1.48. The fourth-order valence-electron chi connectivity index (χ4n) is 5.38. The van der Waals surface area contributed by atoms with Gasteiger partial charge in [0.1, 0.15) is 5.82 Å². The molecule has 2 amide bonds. The van der Waals surface area contributed by atoms with Crippen molar-refractivity contribution in [3.05, 3.63) is 17.8 Å². The first-order valence-electron chi connectivity index (χ1n) is 11.1. The second kappa shape index (κ2) is 8.41. The molecule has 1 atom stereocenters. The van der Waals surface area contributed by atoms with Crippen molar-refractivity contribution in [2.24, 2.45) is 11.1 Å². The first-order chi connectivity index (χ1) is 14.4. The fraction of sp³-hybridized carbons (Fsp3) is 0.682. The quantitative estimate of drug-likeness (QED) is 0.779. The third kappa shape index (κ3) is 3.97. The van der Waals surface area contributed by atoms with Crippen molar-refractivity contribution in [1.82, 2.24) is 9.88 Å². The van der Waals surface area contributed by atoms with E-state index in [0.717, 1.165) is 63.9 Å². The summed E-state index contributed by atoms with van der Waals surface area (Å²) in [5, 5.41) is 9.80. The Morgan fingerprint density at radius 3 is 2.73 bits per heavy atom. The summed E-state index contributed by atoms with van der Waals surface area (Å²) in [4.78, 5) is 33.6. The molecule has 3 fully saturated rings. The van der Waals surface area contributed by atoms with E-state index in [1.165, 1.54) is 0 Å². The minimum Gasteiger partial charge on any atom is -0.409 e. The third-order valence-electron chi connectivity index (χ3n) is 7.02. The largest absolute Gasteiger partial charge is 0.410 e. The summed E-state index contributed by atoms with van der Waals surface area (Å²) in [6, 6.07) is 3.85. The molecule has 30 heavy (non-hydrogen) atoms. The Morgan fingerprint density at radius 1 is 1.27 bits per heavy atom. The molecule has 2 saturated heterocycles. The number of aliphatic hydroxyl groups excluding tert-OH is 1. The lowest BCUT2D eigenvalue weighted by Gasteiger charge is -2.41. The highest BCUT2D eigenvalue weighted by Crippen LogP contribution is 2.43. The van der Waals surface area contributed by atoms with E-state index in [1.54, 1.807) is 6.07 Å². The molecule has 1 aliphatic carbocycles. The Morgan fingerprint density at radius 2 is 2.03 bits per heavy atom. The van der Waals surface area contributed by atoms with Gasteiger partial charge in [-0.3, -0.25) is 4.79 Å². The summed E-state index contributed by atoms with van der Waals surface area (Å²) in [6.45, 7) is 4.30. The number of aromatic nitrogens is 1. The number of rotatable bonds is 4. The normalized spacial score (nSPS) is 29.5. The summed E-state index contributed by atoms with van der Waals surface area (Å²) in [5.41, 5.74) is 5.49. The Bertz CT molecular complexity index is 808. The topological polar surface area (TPSA) is 109 Å². The number of hydrogen-bond donors (Lipinski definition) is 2. The maximum Gasteiger partial charge on any atom is 0.410 e. The average Bonchev–Trinajstić information content (AvgIpc) is 3.04. The van der Waals surface area contributed by atoms with Crippen LogP contribution in [0, 0.1) is 5.41 Å². The number of carbonyl (C=O) groups excluding carboxylic acids is 2. The smallest absolute Gasteiger partial charge is 0.409 e. The van der Waals surface area contributed by atoms with Gasteiger partial charge in [0.2, 0.25) is 5.91 Å². The van der Waals surface area contributed by atoms with Crippen LogP contribution in [0.5, 0.6) is 5.75 Å². The Hall–Kier alpha value is -2.35. The van der Waals surface area contributed by atoms with E-state index >= 15 is 0 Å². The van der Waals surface area contributed by atoms with Gasteiger partial charge in [0.05, 0.1) is 17.2 Å². The Labute approximate surface area is 177 Å². The summed E-state index contributed by atoms with van der Waals surface area (Å²) >= 11 is 0. The molecule has 8 heteroatoms. The molecule has 0 unspecified atom stereocenters. The van der Waals surface area contributed by atoms with Crippen LogP contribution in [0.3, 0.4) is 0 Å².